The van der Waals surface area contributed by atoms with Gasteiger partial charge in [-0.2, -0.15) is 0 Å². The highest BCUT2D eigenvalue weighted by Crippen LogP contribution is 2.40. The number of hydrogen-bond acceptors (Lipinski definition) is 5. The van der Waals surface area contributed by atoms with Crippen LogP contribution in [0.3, 0.4) is 0 Å². The Morgan fingerprint density at radius 3 is 2.87 bits per heavy atom. The lowest BCUT2D eigenvalue weighted by atomic mass is 9.91. The lowest BCUT2D eigenvalue weighted by molar-refractivity contribution is -0.132. The minimum atomic E-state index is -0.588. The van der Waals surface area contributed by atoms with Gasteiger partial charge in [-0.1, -0.05) is 28.5 Å². The first-order chi connectivity index (χ1) is 15.1. The number of nitrogens with one attached hydrogen (secondary N) is 1. The SMILES string of the molecule is COc1ccc([C@H]2c3[nH]c4ccccc4c3CCN2C(=O)Cc2nonc2C)c(F)c1. The van der Waals surface area contributed by atoms with Crippen molar-refractivity contribution in [3.05, 3.63) is 76.5 Å². The topological polar surface area (TPSA) is 84.2 Å². The molecule has 0 bridgehead atoms. The molecule has 0 aliphatic carbocycles. The maximum Gasteiger partial charge on any atom is 0.229 e. The molecule has 0 radical (unpaired) electrons. The fourth-order valence-electron chi connectivity index (χ4n) is 4.34. The molecule has 3 heterocycles. The molecule has 0 fully saturated rings. The summed E-state index contributed by atoms with van der Waals surface area (Å²) in [6.45, 7) is 2.21. The van der Waals surface area contributed by atoms with E-state index in [2.05, 4.69) is 15.3 Å². The van der Waals surface area contributed by atoms with E-state index in [0.717, 1.165) is 22.2 Å². The number of methoxy groups -OCH3 is 1. The van der Waals surface area contributed by atoms with Crippen LogP contribution in [0.15, 0.2) is 47.1 Å². The Morgan fingerprint density at radius 2 is 2.13 bits per heavy atom. The zero-order valence-electron chi connectivity index (χ0n) is 17.2. The van der Waals surface area contributed by atoms with Crippen molar-refractivity contribution in [3.8, 4) is 5.75 Å². The predicted molar refractivity (Wildman–Crippen MR) is 111 cm³/mol. The molecule has 1 N–H and O–H groups in total. The van der Waals surface area contributed by atoms with Gasteiger partial charge in [-0.15, -0.1) is 0 Å². The van der Waals surface area contributed by atoms with Crippen molar-refractivity contribution in [1.82, 2.24) is 20.2 Å². The average Bonchev–Trinajstić information content (AvgIpc) is 3.36. The molecule has 1 aliphatic rings. The third-order valence-electron chi connectivity index (χ3n) is 5.92. The summed E-state index contributed by atoms with van der Waals surface area (Å²) in [5.74, 6) is -0.160. The van der Waals surface area contributed by atoms with Gasteiger partial charge < -0.3 is 14.6 Å². The monoisotopic (exact) mass is 420 g/mol. The summed E-state index contributed by atoms with van der Waals surface area (Å²) in [6.07, 6.45) is 0.717. The summed E-state index contributed by atoms with van der Waals surface area (Å²) in [5, 5.41) is 8.69. The van der Waals surface area contributed by atoms with Gasteiger partial charge in [-0.3, -0.25) is 4.79 Å². The number of nitrogens with zero attached hydrogens (tertiary/aromatic N) is 3. The molecule has 0 saturated heterocycles. The second-order valence-corrected chi connectivity index (χ2v) is 7.66. The summed E-state index contributed by atoms with van der Waals surface area (Å²) >= 11 is 0. The average molecular weight is 420 g/mol. The minimum Gasteiger partial charge on any atom is -0.497 e. The van der Waals surface area contributed by atoms with Gasteiger partial charge in [0.15, 0.2) is 0 Å². The van der Waals surface area contributed by atoms with Crippen molar-refractivity contribution in [2.75, 3.05) is 13.7 Å². The molecule has 8 heteroatoms. The van der Waals surface area contributed by atoms with E-state index in [0.29, 0.717) is 35.7 Å². The fourth-order valence-corrected chi connectivity index (χ4v) is 4.34. The van der Waals surface area contributed by atoms with E-state index in [1.807, 2.05) is 24.3 Å². The zero-order chi connectivity index (χ0) is 21.5. The highest BCUT2D eigenvalue weighted by atomic mass is 19.1. The number of aryl methyl sites for hydroxylation is 1. The number of benzene rings is 2. The van der Waals surface area contributed by atoms with Gasteiger partial charge in [0.1, 0.15) is 29.0 Å². The first-order valence-electron chi connectivity index (χ1n) is 10.1. The van der Waals surface area contributed by atoms with Gasteiger partial charge in [0.25, 0.3) is 0 Å². The van der Waals surface area contributed by atoms with E-state index in [1.165, 1.54) is 13.2 Å². The van der Waals surface area contributed by atoms with Crippen LogP contribution < -0.4 is 4.74 Å². The Bertz CT molecular complexity index is 1280. The molecule has 1 aliphatic heterocycles. The first-order valence-corrected chi connectivity index (χ1v) is 10.1. The lowest BCUT2D eigenvalue weighted by Crippen LogP contribution is -2.41. The Balaban J connectivity index is 1.62. The van der Waals surface area contributed by atoms with Crippen LogP contribution >= 0.6 is 0 Å². The fraction of sp³-hybridized carbons (Fsp3) is 0.261. The van der Waals surface area contributed by atoms with Crippen LogP contribution in [0.1, 0.15) is 34.3 Å². The van der Waals surface area contributed by atoms with E-state index in [-0.39, 0.29) is 12.3 Å². The highest BCUT2D eigenvalue weighted by Gasteiger charge is 2.36. The summed E-state index contributed by atoms with van der Waals surface area (Å²) in [7, 11) is 1.50. The van der Waals surface area contributed by atoms with E-state index in [4.69, 9.17) is 9.37 Å². The Kier molecular flexibility index (Phi) is 4.69. The highest BCUT2D eigenvalue weighted by molar-refractivity contribution is 5.87. The number of H-pyrrole nitrogens is 1. The quantitative estimate of drug-likeness (QED) is 0.544. The molecule has 31 heavy (non-hydrogen) atoms. The van der Waals surface area contributed by atoms with E-state index in [1.54, 1.807) is 24.0 Å². The van der Waals surface area contributed by atoms with Crippen LogP contribution in [0.25, 0.3) is 10.9 Å². The molecular weight excluding hydrogens is 399 g/mol. The number of aromatic amines is 1. The number of ether oxygens (including phenoxy) is 1. The number of aromatic nitrogens is 3. The van der Waals surface area contributed by atoms with Crippen molar-refractivity contribution >= 4 is 16.8 Å². The van der Waals surface area contributed by atoms with Gasteiger partial charge in [-0.05, 0) is 37.1 Å². The van der Waals surface area contributed by atoms with Gasteiger partial charge in [0.05, 0.1) is 13.5 Å². The van der Waals surface area contributed by atoms with E-state index >= 15 is 4.39 Å². The van der Waals surface area contributed by atoms with Gasteiger partial charge in [-0.25, -0.2) is 9.02 Å². The number of hydrogen-bond donors (Lipinski definition) is 1. The van der Waals surface area contributed by atoms with E-state index < -0.39 is 11.9 Å². The molecule has 4 aromatic rings. The molecule has 0 unspecified atom stereocenters. The third-order valence-corrected chi connectivity index (χ3v) is 5.92. The van der Waals surface area contributed by atoms with E-state index in [9.17, 15) is 4.79 Å². The van der Waals surface area contributed by atoms with Crippen molar-refractivity contribution in [1.29, 1.82) is 0 Å². The zero-order valence-corrected chi connectivity index (χ0v) is 17.2. The molecule has 0 spiro atoms. The first kappa shape index (κ1) is 19.3. The van der Waals surface area contributed by atoms with Gasteiger partial charge in [0.2, 0.25) is 5.91 Å². The van der Waals surface area contributed by atoms with Crippen molar-refractivity contribution in [3.63, 3.8) is 0 Å². The summed E-state index contributed by atoms with van der Waals surface area (Å²) in [6, 6.07) is 12.1. The molecular formula is C23H21FN4O3. The standard InChI is InChI=1S/C23H21FN4O3/c1-13-20(27-31-26-13)12-21(29)28-10-9-16-15-5-3-4-6-19(15)25-22(16)23(28)17-8-7-14(30-2)11-18(17)24/h3-8,11,23,25H,9-10,12H2,1-2H3/t23-/m0/s1. The van der Waals surface area contributed by atoms with Crippen molar-refractivity contribution in [2.24, 2.45) is 0 Å². The van der Waals surface area contributed by atoms with Crippen LogP contribution in [-0.2, 0) is 17.6 Å². The van der Waals surface area contributed by atoms with Crippen LogP contribution in [0.4, 0.5) is 4.39 Å². The van der Waals surface area contributed by atoms with Crippen LogP contribution in [-0.4, -0.2) is 39.8 Å². The van der Waals surface area contributed by atoms with Gasteiger partial charge in [0, 0.05) is 34.8 Å². The second-order valence-electron chi connectivity index (χ2n) is 7.66. The third kappa shape index (κ3) is 3.24. The van der Waals surface area contributed by atoms with Crippen molar-refractivity contribution < 1.29 is 18.6 Å². The summed E-state index contributed by atoms with van der Waals surface area (Å²) in [4.78, 5) is 18.5. The Hall–Kier alpha value is -3.68. The molecule has 5 rings (SSSR count). The molecule has 7 nitrogen and oxygen atoms in total. The Morgan fingerprint density at radius 1 is 1.29 bits per heavy atom. The number of fused-ring (bicyclic) bond motifs is 3. The maximum atomic E-state index is 15.2. The van der Waals surface area contributed by atoms with Crippen molar-refractivity contribution in [2.45, 2.75) is 25.8 Å². The van der Waals surface area contributed by atoms with Crippen LogP contribution in [0.5, 0.6) is 5.75 Å². The molecule has 1 atom stereocenters. The largest absolute Gasteiger partial charge is 0.497 e. The smallest absolute Gasteiger partial charge is 0.229 e. The molecule has 1 amide bonds. The second kappa shape index (κ2) is 7.54. The van der Waals surface area contributed by atoms with Crippen LogP contribution in [0, 0.1) is 12.7 Å². The number of para-hydroxylation sites is 1. The number of carbonyl (C=O) groups excluding carboxylic acids is 1. The molecule has 0 saturated carbocycles. The summed E-state index contributed by atoms with van der Waals surface area (Å²) < 4.78 is 25.1. The number of amides is 1. The normalized spacial score (nSPS) is 15.8. The predicted octanol–water partition coefficient (Wildman–Crippen LogP) is 3.72. The number of rotatable bonds is 4. The lowest BCUT2D eigenvalue weighted by Gasteiger charge is -2.36. The maximum absolute atomic E-state index is 15.2. The molecule has 158 valence electrons. The Labute approximate surface area is 177 Å². The number of halogens is 1. The minimum absolute atomic E-state index is 0.0408. The molecule has 2 aromatic heterocycles. The number of carbonyl (C=O) groups is 1. The molecule has 2 aromatic carbocycles. The van der Waals surface area contributed by atoms with Gasteiger partial charge >= 0.3 is 0 Å². The van der Waals surface area contributed by atoms with Crippen LogP contribution in [0.2, 0.25) is 0 Å². The summed E-state index contributed by atoms with van der Waals surface area (Å²) in [5.41, 5.74) is 4.39.